The van der Waals surface area contributed by atoms with Gasteiger partial charge in [-0.1, -0.05) is 43.7 Å². The minimum Gasteiger partial charge on any atom is -0.261 e. The summed E-state index contributed by atoms with van der Waals surface area (Å²) in [5.74, 6) is 0.584. The molecule has 0 heterocycles. The molecule has 0 aromatic heterocycles. The third-order valence-electron chi connectivity index (χ3n) is 3.16. The van der Waals surface area contributed by atoms with Crippen molar-refractivity contribution in [2.45, 2.75) is 47.0 Å². The van der Waals surface area contributed by atoms with Crippen molar-refractivity contribution in [1.82, 2.24) is 0 Å². The average Bonchev–Trinajstić information content (AvgIpc) is 2.34. The molecule has 0 saturated carbocycles. The van der Waals surface area contributed by atoms with Crippen molar-refractivity contribution in [3.63, 3.8) is 0 Å². The second-order valence-corrected chi connectivity index (χ2v) is 4.60. The third-order valence-corrected chi connectivity index (χ3v) is 3.16. The van der Waals surface area contributed by atoms with Crippen molar-refractivity contribution in [3.05, 3.63) is 47.2 Å². The summed E-state index contributed by atoms with van der Waals surface area (Å²) in [6.45, 7) is 10.7. The second kappa shape index (κ2) is 6.39. The molecule has 17 heavy (non-hydrogen) atoms. The zero-order valence-electron chi connectivity index (χ0n) is 11.6. The summed E-state index contributed by atoms with van der Waals surface area (Å²) in [5, 5.41) is 0. The number of aryl methyl sites for hydroxylation is 1. The Bertz CT molecular complexity index is 427. The summed E-state index contributed by atoms with van der Waals surface area (Å²) in [6.07, 6.45) is 4.98. The van der Waals surface area contributed by atoms with Gasteiger partial charge in [0.2, 0.25) is 0 Å². The molecule has 0 bridgehead atoms. The monoisotopic (exact) mass is 229 g/mol. The molecular weight excluding hydrogens is 206 g/mol. The molecule has 1 rings (SSSR count). The smallest absolute Gasteiger partial charge is 0.0447 e. The van der Waals surface area contributed by atoms with Crippen molar-refractivity contribution in [2.24, 2.45) is 4.99 Å². The molecule has 0 fully saturated rings. The van der Waals surface area contributed by atoms with Gasteiger partial charge in [-0.15, -0.1) is 0 Å². The van der Waals surface area contributed by atoms with E-state index in [0.717, 1.165) is 12.1 Å². The zero-order valence-corrected chi connectivity index (χ0v) is 11.6. The second-order valence-electron chi connectivity index (χ2n) is 4.60. The van der Waals surface area contributed by atoms with Crippen LogP contribution in [0.15, 0.2) is 35.5 Å². The van der Waals surface area contributed by atoms with E-state index in [0.29, 0.717) is 5.92 Å². The quantitative estimate of drug-likeness (QED) is 0.654. The fourth-order valence-corrected chi connectivity index (χ4v) is 1.90. The minimum atomic E-state index is 0.584. The first-order valence-electron chi connectivity index (χ1n) is 6.36. The van der Waals surface area contributed by atoms with Crippen LogP contribution in [0.25, 0.3) is 0 Å². The molecule has 0 amide bonds. The number of aliphatic imine (C=N–C) groups is 1. The highest BCUT2D eigenvalue weighted by Crippen LogP contribution is 2.24. The molecule has 0 aliphatic rings. The summed E-state index contributed by atoms with van der Waals surface area (Å²) in [4.78, 5) is 4.46. The van der Waals surface area contributed by atoms with Gasteiger partial charge >= 0.3 is 0 Å². The van der Waals surface area contributed by atoms with Crippen LogP contribution in [0.3, 0.4) is 0 Å². The molecule has 1 nitrogen and oxygen atoms in total. The highest BCUT2D eigenvalue weighted by Gasteiger charge is 2.10. The molecule has 0 N–H and O–H groups in total. The van der Waals surface area contributed by atoms with Gasteiger partial charge in [0.25, 0.3) is 0 Å². The highest BCUT2D eigenvalue weighted by molar-refractivity contribution is 6.00. The normalized spacial score (nSPS) is 14.3. The van der Waals surface area contributed by atoms with Gasteiger partial charge < -0.3 is 0 Å². The number of rotatable bonds is 4. The fourth-order valence-electron chi connectivity index (χ4n) is 1.90. The molecule has 0 saturated heterocycles. The summed E-state index contributed by atoms with van der Waals surface area (Å²) in [6, 6.07) is 6.65. The third kappa shape index (κ3) is 3.55. The van der Waals surface area contributed by atoms with Crippen molar-refractivity contribution >= 4 is 5.71 Å². The Kier molecular flexibility index (Phi) is 5.14. The van der Waals surface area contributed by atoms with Gasteiger partial charge in [0.15, 0.2) is 0 Å². The lowest BCUT2D eigenvalue weighted by Crippen LogP contribution is -2.04. The predicted octanol–water partition coefficient (Wildman–Crippen LogP) is 4.85. The molecule has 1 aromatic carbocycles. The van der Waals surface area contributed by atoms with E-state index in [1.807, 2.05) is 19.2 Å². The van der Waals surface area contributed by atoms with Crippen LogP contribution >= 0.6 is 0 Å². The number of hydrogen-bond donors (Lipinski definition) is 0. The molecule has 1 atom stereocenters. The van der Waals surface area contributed by atoms with Crippen LogP contribution in [0.5, 0.6) is 0 Å². The van der Waals surface area contributed by atoms with Crippen LogP contribution in [-0.2, 0) is 0 Å². The van der Waals surface area contributed by atoms with E-state index in [9.17, 15) is 0 Å². The molecule has 1 unspecified atom stereocenters. The van der Waals surface area contributed by atoms with Crippen molar-refractivity contribution < 1.29 is 0 Å². The SMILES string of the molecule is C/C=C\N=C(C)c1ccc(C)cc1C(C)CC. The first-order valence-corrected chi connectivity index (χ1v) is 6.36. The Morgan fingerprint density at radius 2 is 2.12 bits per heavy atom. The largest absolute Gasteiger partial charge is 0.261 e. The van der Waals surface area contributed by atoms with E-state index in [4.69, 9.17) is 0 Å². The maximum atomic E-state index is 4.46. The van der Waals surface area contributed by atoms with Crippen molar-refractivity contribution in [2.75, 3.05) is 0 Å². The number of hydrogen-bond acceptors (Lipinski definition) is 1. The van der Waals surface area contributed by atoms with Gasteiger partial charge in [-0.05, 0) is 44.2 Å². The van der Waals surface area contributed by atoms with E-state index in [1.165, 1.54) is 16.7 Å². The topological polar surface area (TPSA) is 12.4 Å². The van der Waals surface area contributed by atoms with Gasteiger partial charge in [0.05, 0.1) is 0 Å². The minimum absolute atomic E-state index is 0.584. The summed E-state index contributed by atoms with van der Waals surface area (Å²) < 4.78 is 0. The van der Waals surface area contributed by atoms with Gasteiger partial charge in [-0.3, -0.25) is 4.99 Å². The van der Waals surface area contributed by atoms with Crippen LogP contribution in [0.4, 0.5) is 0 Å². The average molecular weight is 229 g/mol. The standard InChI is InChI=1S/C16H23N/c1-6-10-17-14(5)15-9-8-12(3)11-16(15)13(4)7-2/h6,8-11,13H,7H2,1-5H3/b10-6-,17-14?. The maximum absolute atomic E-state index is 4.46. The lowest BCUT2D eigenvalue weighted by Gasteiger charge is -2.15. The fraction of sp³-hybridized carbons (Fsp3) is 0.438. The lowest BCUT2D eigenvalue weighted by molar-refractivity contribution is 0.731. The van der Waals surface area contributed by atoms with Gasteiger partial charge in [0, 0.05) is 11.9 Å². The van der Waals surface area contributed by atoms with Crippen molar-refractivity contribution in [3.8, 4) is 0 Å². The number of allylic oxidation sites excluding steroid dienone is 1. The maximum Gasteiger partial charge on any atom is 0.0447 e. The highest BCUT2D eigenvalue weighted by atomic mass is 14.7. The van der Waals surface area contributed by atoms with E-state index in [1.54, 1.807) is 0 Å². The lowest BCUT2D eigenvalue weighted by atomic mass is 9.90. The van der Waals surface area contributed by atoms with E-state index >= 15 is 0 Å². The summed E-state index contributed by atoms with van der Waals surface area (Å²) in [5.41, 5.74) is 5.11. The molecule has 1 aromatic rings. The first kappa shape index (κ1) is 13.7. The zero-order chi connectivity index (χ0) is 12.8. The van der Waals surface area contributed by atoms with E-state index in [-0.39, 0.29) is 0 Å². The first-order chi connectivity index (χ1) is 8.10. The Morgan fingerprint density at radius 3 is 2.71 bits per heavy atom. The summed E-state index contributed by atoms with van der Waals surface area (Å²) >= 11 is 0. The van der Waals surface area contributed by atoms with Gasteiger partial charge in [0.1, 0.15) is 0 Å². The molecule has 0 aliphatic carbocycles. The predicted molar refractivity (Wildman–Crippen MR) is 76.9 cm³/mol. The molecule has 1 heteroatoms. The Balaban J connectivity index is 3.23. The molecular formula is C16H23N. The van der Waals surface area contributed by atoms with Crippen LogP contribution < -0.4 is 0 Å². The van der Waals surface area contributed by atoms with Crippen LogP contribution in [0, 0.1) is 6.92 Å². The number of benzene rings is 1. The van der Waals surface area contributed by atoms with Gasteiger partial charge in [-0.25, -0.2) is 0 Å². The van der Waals surface area contributed by atoms with Gasteiger partial charge in [-0.2, -0.15) is 0 Å². The molecule has 92 valence electrons. The molecule has 0 aliphatic heterocycles. The summed E-state index contributed by atoms with van der Waals surface area (Å²) in [7, 11) is 0. The number of nitrogens with zero attached hydrogens (tertiary/aromatic N) is 1. The van der Waals surface area contributed by atoms with Crippen LogP contribution in [-0.4, -0.2) is 5.71 Å². The van der Waals surface area contributed by atoms with Crippen LogP contribution in [0.2, 0.25) is 0 Å². The van der Waals surface area contributed by atoms with Crippen molar-refractivity contribution in [1.29, 1.82) is 0 Å². The van der Waals surface area contributed by atoms with Crippen LogP contribution in [0.1, 0.15) is 56.7 Å². The Labute approximate surface area is 105 Å². The Morgan fingerprint density at radius 1 is 1.41 bits per heavy atom. The van der Waals surface area contributed by atoms with E-state index < -0.39 is 0 Å². The molecule has 0 spiro atoms. The molecule has 0 radical (unpaired) electrons. The van der Waals surface area contributed by atoms with E-state index in [2.05, 4.69) is 50.9 Å². The Hall–Kier alpha value is -1.37.